The van der Waals surface area contributed by atoms with Crippen LogP contribution in [0.1, 0.15) is 33.3 Å². The van der Waals surface area contributed by atoms with Crippen LogP contribution in [0.5, 0.6) is 0 Å². The van der Waals surface area contributed by atoms with Gasteiger partial charge in [-0.1, -0.05) is 75.6 Å². The van der Waals surface area contributed by atoms with Crippen LogP contribution in [0.3, 0.4) is 0 Å². The SMILES string of the molecule is C=C/C(C(=C)/C=C\C)=C(/N=C(C)C(C)C)c1ccccc1. The van der Waals surface area contributed by atoms with E-state index in [2.05, 4.69) is 46.1 Å². The summed E-state index contributed by atoms with van der Waals surface area (Å²) in [6, 6.07) is 10.2. The summed E-state index contributed by atoms with van der Waals surface area (Å²) < 4.78 is 0. The van der Waals surface area contributed by atoms with Crippen molar-refractivity contribution in [3.8, 4) is 0 Å². The summed E-state index contributed by atoms with van der Waals surface area (Å²) in [6.07, 6.45) is 5.80. The summed E-state index contributed by atoms with van der Waals surface area (Å²) in [7, 11) is 0. The van der Waals surface area contributed by atoms with Crippen LogP contribution in [-0.4, -0.2) is 5.71 Å². The molecule has 1 nitrogen and oxygen atoms in total. The maximum atomic E-state index is 4.85. The Labute approximate surface area is 129 Å². The molecule has 0 aliphatic heterocycles. The quantitative estimate of drug-likeness (QED) is 0.458. The van der Waals surface area contributed by atoms with Crippen molar-refractivity contribution in [1.82, 2.24) is 0 Å². The van der Waals surface area contributed by atoms with Crippen LogP contribution in [0.25, 0.3) is 5.70 Å². The molecule has 0 radical (unpaired) electrons. The minimum absolute atomic E-state index is 0.407. The number of aliphatic imine (C=N–C) groups is 1. The first kappa shape index (κ1) is 16.9. The van der Waals surface area contributed by atoms with Crippen LogP contribution in [0.2, 0.25) is 0 Å². The zero-order valence-corrected chi connectivity index (χ0v) is 13.6. The molecule has 0 amide bonds. The van der Waals surface area contributed by atoms with Gasteiger partial charge in [0.1, 0.15) is 0 Å². The van der Waals surface area contributed by atoms with Crippen molar-refractivity contribution in [3.05, 3.63) is 78.4 Å². The van der Waals surface area contributed by atoms with Crippen LogP contribution in [0.4, 0.5) is 0 Å². The fourth-order valence-corrected chi connectivity index (χ4v) is 1.85. The first-order valence-electron chi connectivity index (χ1n) is 7.30. The molecular weight excluding hydrogens is 254 g/mol. The van der Waals surface area contributed by atoms with Gasteiger partial charge in [-0.2, -0.15) is 0 Å². The third-order valence-corrected chi connectivity index (χ3v) is 3.34. The van der Waals surface area contributed by atoms with Gasteiger partial charge in [0, 0.05) is 16.8 Å². The lowest BCUT2D eigenvalue weighted by Gasteiger charge is -2.12. The highest BCUT2D eigenvalue weighted by molar-refractivity contribution is 5.91. The van der Waals surface area contributed by atoms with E-state index in [9.17, 15) is 0 Å². The Morgan fingerprint density at radius 2 is 1.81 bits per heavy atom. The number of hydrogen-bond donors (Lipinski definition) is 0. The van der Waals surface area contributed by atoms with Gasteiger partial charge in [-0.05, 0) is 25.3 Å². The van der Waals surface area contributed by atoms with E-state index < -0.39 is 0 Å². The summed E-state index contributed by atoms with van der Waals surface area (Å²) in [5, 5.41) is 0. The van der Waals surface area contributed by atoms with Gasteiger partial charge >= 0.3 is 0 Å². The molecule has 0 atom stereocenters. The maximum absolute atomic E-state index is 4.85. The second-order valence-electron chi connectivity index (χ2n) is 5.27. The van der Waals surface area contributed by atoms with Crippen molar-refractivity contribution in [1.29, 1.82) is 0 Å². The van der Waals surface area contributed by atoms with Crippen molar-refractivity contribution in [2.45, 2.75) is 27.7 Å². The largest absolute Gasteiger partial charge is 0.257 e. The summed E-state index contributed by atoms with van der Waals surface area (Å²) in [5.74, 6) is 0.407. The van der Waals surface area contributed by atoms with Gasteiger partial charge in [0.05, 0.1) is 5.70 Å². The molecule has 0 fully saturated rings. The average Bonchev–Trinajstić information content (AvgIpc) is 2.47. The molecule has 1 aromatic rings. The normalized spacial score (nSPS) is 13.5. The van der Waals surface area contributed by atoms with Gasteiger partial charge in [-0.15, -0.1) is 0 Å². The monoisotopic (exact) mass is 279 g/mol. The van der Waals surface area contributed by atoms with Crippen LogP contribution in [0.15, 0.2) is 77.9 Å². The summed E-state index contributed by atoms with van der Waals surface area (Å²) >= 11 is 0. The van der Waals surface area contributed by atoms with E-state index in [1.807, 2.05) is 43.4 Å². The zero-order valence-electron chi connectivity index (χ0n) is 13.6. The average molecular weight is 279 g/mol. The Kier molecular flexibility index (Phi) is 6.61. The molecule has 0 spiro atoms. The van der Waals surface area contributed by atoms with E-state index >= 15 is 0 Å². The molecule has 1 aromatic carbocycles. The lowest BCUT2D eigenvalue weighted by atomic mass is 9.99. The zero-order chi connectivity index (χ0) is 15.8. The fraction of sp³-hybridized carbons (Fsp3) is 0.250. The molecule has 0 unspecified atom stereocenters. The predicted molar refractivity (Wildman–Crippen MR) is 95.5 cm³/mol. The predicted octanol–water partition coefficient (Wildman–Crippen LogP) is 5.83. The van der Waals surface area contributed by atoms with Crippen molar-refractivity contribution >= 4 is 11.4 Å². The summed E-state index contributed by atoms with van der Waals surface area (Å²) in [4.78, 5) is 4.85. The molecule has 0 aliphatic carbocycles. The molecular formula is C20H25N. The number of nitrogens with zero attached hydrogens (tertiary/aromatic N) is 1. The molecule has 0 aromatic heterocycles. The number of hydrogen-bond acceptors (Lipinski definition) is 1. The molecule has 0 saturated carbocycles. The van der Waals surface area contributed by atoms with Crippen molar-refractivity contribution in [2.75, 3.05) is 0 Å². The standard InChI is InChI=1S/C20H25N/c1-7-12-16(5)19(8-2)20(21-17(6)15(3)4)18-13-10-9-11-14-18/h7-15H,2,5H2,1,3-4,6H3/b12-7-,20-19-,21-17?. The van der Waals surface area contributed by atoms with E-state index in [0.717, 1.165) is 28.1 Å². The molecule has 0 heterocycles. The van der Waals surface area contributed by atoms with Gasteiger partial charge in [-0.25, -0.2) is 0 Å². The molecule has 0 N–H and O–H groups in total. The Morgan fingerprint density at radius 3 is 2.29 bits per heavy atom. The van der Waals surface area contributed by atoms with Gasteiger partial charge in [0.2, 0.25) is 0 Å². The van der Waals surface area contributed by atoms with Crippen molar-refractivity contribution in [3.63, 3.8) is 0 Å². The summed E-state index contributed by atoms with van der Waals surface area (Å²) in [5.41, 5.74) is 5.00. The molecule has 0 aliphatic rings. The molecule has 0 saturated heterocycles. The van der Waals surface area contributed by atoms with Gasteiger partial charge in [0.15, 0.2) is 0 Å². The number of rotatable bonds is 6. The molecule has 21 heavy (non-hydrogen) atoms. The van der Waals surface area contributed by atoms with E-state index in [1.165, 1.54) is 0 Å². The van der Waals surface area contributed by atoms with E-state index in [4.69, 9.17) is 4.99 Å². The molecule has 110 valence electrons. The number of allylic oxidation sites excluding steroid dienone is 5. The van der Waals surface area contributed by atoms with E-state index in [-0.39, 0.29) is 0 Å². The third kappa shape index (κ3) is 4.71. The topological polar surface area (TPSA) is 12.4 Å². The van der Waals surface area contributed by atoms with Crippen LogP contribution >= 0.6 is 0 Å². The first-order valence-corrected chi connectivity index (χ1v) is 7.30. The second kappa shape index (κ2) is 8.21. The Morgan fingerprint density at radius 1 is 1.19 bits per heavy atom. The lowest BCUT2D eigenvalue weighted by molar-refractivity contribution is 0.879. The fourth-order valence-electron chi connectivity index (χ4n) is 1.85. The van der Waals surface area contributed by atoms with Gasteiger partial charge in [0.25, 0.3) is 0 Å². The smallest absolute Gasteiger partial charge is 0.0779 e. The lowest BCUT2D eigenvalue weighted by Crippen LogP contribution is -2.03. The van der Waals surface area contributed by atoms with E-state index in [0.29, 0.717) is 5.92 Å². The minimum Gasteiger partial charge on any atom is -0.257 e. The highest BCUT2D eigenvalue weighted by Gasteiger charge is 2.09. The van der Waals surface area contributed by atoms with Crippen LogP contribution in [-0.2, 0) is 0 Å². The Bertz CT molecular complexity index is 584. The van der Waals surface area contributed by atoms with Gasteiger partial charge < -0.3 is 0 Å². The third-order valence-electron chi connectivity index (χ3n) is 3.34. The highest BCUT2D eigenvalue weighted by Crippen LogP contribution is 2.26. The van der Waals surface area contributed by atoms with E-state index in [1.54, 1.807) is 0 Å². The molecule has 0 bridgehead atoms. The minimum atomic E-state index is 0.407. The van der Waals surface area contributed by atoms with Crippen molar-refractivity contribution < 1.29 is 0 Å². The Balaban J connectivity index is 3.53. The highest BCUT2D eigenvalue weighted by atomic mass is 14.8. The van der Waals surface area contributed by atoms with Crippen molar-refractivity contribution in [2.24, 2.45) is 10.9 Å². The first-order chi connectivity index (χ1) is 10.0. The summed E-state index contributed by atoms with van der Waals surface area (Å²) in [6.45, 7) is 16.4. The molecule has 1 rings (SSSR count). The molecule has 1 heteroatoms. The van der Waals surface area contributed by atoms with Crippen LogP contribution in [0, 0.1) is 5.92 Å². The van der Waals surface area contributed by atoms with Gasteiger partial charge in [-0.3, -0.25) is 4.99 Å². The van der Waals surface area contributed by atoms with Crippen LogP contribution < -0.4 is 0 Å². The second-order valence-corrected chi connectivity index (χ2v) is 5.27. The number of benzene rings is 1. The Hall–Kier alpha value is -2.15. The maximum Gasteiger partial charge on any atom is 0.0779 e.